The van der Waals surface area contributed by atoms with E-state index >= 15 is 0 Å². The first kappa shape index (κ1) is 16.3. The van der Waals surface area contributed by atoms with Crippen molar-refractivity contribution in [2.75, 3.05) is 0 Å². The van der Waals surface area contributed by atoms with Gasteiger partial charge in [-0.05, 0) is 18.9 Å². The lowest BCUT2D eigenvalue weighted by atomic mass is 10.1. The minimum atomic E-state index is 0.132. The first-order chi connectivity index (χ1) is 7.24. The van der Waals surface area contributed by atoms with Crippen LogP contribution < -0.4 is 0 Å². The van der Waals surface area contributed by atoms with Crippen LogP contribution in [0.15, 0.2) is 24.3 Å². The largest absolute Gasteiger partial charge is 0.295 e. The van der Waals surface area contributed by atoms with Crippen LogP contribution in [0.5, 0.6) is 0 Å². The van der Waals surface area contributed by atoms with E-state index in [4.69, 9.17) is 0 Å². The highest BCUT2D eigenvalue weighted by Gasteiger charge is 1.96. The molecule has 0 unspecified atom stereocenters. The van der Waals surface area contributed by atoms with Crippen molar-refractivity contribution in [3.63, 3.8) is 0 Å². The molecule has 1 nitrogen and oxygen atoms in total. The molecule has 0 fully saturated rings. The van der Waals surface area contributed by atoms with Gasteiger partial charge < -0.3 is 0 Å². The third-order valence-electron chi connectivity index (χ3n) is 1.77. The maximum atomic E-state index is 10.8. The lowest BCUT2D eigenvalue weighted by Crippen LogP contribution is -1.91. The molecule has 0 N–H and O–H groups in total. The summed E-state index contributed by atoms with van der Waals surface area (Å²) in [6.07, 6.45) is 1.03. The van der Waals surface area contributed by atoms with Crippen molar-refractivity contribution in [3.05, 3.63) is 35.4 Å². The zero-order valence-corrected chi connectivity index (χ0v) is 10.9. The maximum absolute atomic E-state index is 10.8. The van der Waals surface area contributed by atoms with E-state index in [0.29, 0.717) is 0 Å². The van der Waals surface area contributed by atoms with Crippen LogP contribution in [0.3, 0.4) is 0 Å². The van der Waals surface area contributed by atoms with Gasteiger partial charge in [-0.1, -0.05) is 58.9 Å². The van der Waals surface area contributed by atoms with Crippen LogP contribution in [0, 0.1) is 0 Å². The smallest absolute Gasteiger partial charge is 0.159 e. The average Bonchev–Trinajstić information content (AvgIpc) is 2.34. The van der Waals surface area contributed by atoms with Crippen LogP contribution in [0.2, 0.25) is 0 Å². The summed E-state index contributed by atoms with van der Waals surface area (Å²) >= 11 is 0. The molecule has 1 heteroatoms. The molecular weight excluding hydrogens is 184 g/mol. The third-order valence-corrected chi connectivity index (χ3v) is 1.77. The monoisotopic (exact) mass is 208 g/mol. The Morgan fingerprint density at radius 3 is 1.67 bits per heavy atom. The highest BCUT2D eigenvalue weighted by Crippen LogP contribution is 2.04. The maximum Gasteiger partial charge on any atom is 0.159 e. The van der Waals surface area contributed by atoms with Crippen molar-refractivity contribution < 1.29 is 4.79 Å². The highest BCUT2D eigenvalue weighted by atomic mass is 16.1. The zero-order chi connectivity index (χ0) is 12.3. The Kier molecular flexibility index (Phi) is 11.9. The second-order valence-corrected chi connectivity index (χ2v) is 2.61. The number of hydrogen-bond acceptors (Lipinski definition) is 1. The van der Waals surface area contributed by atoms with Gasteiger partial charge in [0.05, 0.1) is 0 Å². The van der Waals surface area contributed by atoms with E-state index in [0.717, 1.165) is 12.0 Å². The Bertz CT molecular complexity index is 247. The summed E-state index contributed by atoms with van der Waals surface area (Å²) in [5.74, 6) is 0.132. The molecule has 86 valence electrons. The second kappa shape index (κ2) is 11.0. The van der Waals surface area contributed by atoms with Gasteiger partial charge in [0.15, 0.2) is 5.78 Å². The minimum Gasteiger partial charge on any atom is -0.295 e. The summed E-state index contributed by atoms with van der Waals surface area (Å²) in [7, 11) is 0. The summed E-state index contributed by atoms with van der Waals surface area (Å²) in [6.45, 7) is 11.7. The summed E-state index contributed by atoms with van der Waals surface area (Å²) in [5, 5.41) is 0. The fourth-order valence-electron chi connectivity index (χ4n) is 0.975. The molecule has 0 saturated carbocycles. The highest BCUT2D eigenvalue weighted by molar-refractivity contribution is 5.93. The lowest BCUT2D eigenvalue weighted by molar-refractivity contribution is 0.101. The van der Waals surface area contributed by atoms with Crippen LogP contribution in [-0.2, 0) is 6.42 Å². The number of rotatable bonds is 2. The van der Waals surface area contributed by atoms with Gasteiger partial charge in [-0.25, -0.2) is 0 Å². The molecule has 0 saturated heterocycles. The number of ketones is 1. The Morgan fingerprint density at radius 1 is 1.00 bits per heavy atom. The molecule has 0 atom stereocenters. The van der Waals surface area contributed by atoms with Crippen LogP contribution in [0.1, 0.15) is 57.5 Å². The van der Waals surface area contributed by atoms with Crippen molar-refractivity contribution in [3.8, 4) is 0 Å². The fraction of sp³-hybridized carbons (Fsp3) is 0.500. The van der Waals surface area contributed by atoms with Crippen LogP contribution in [0.25, 0.3) is 0 Å². The standard InChI is InChI=1S/C10H12O.2C2H6/c1-3-9-4-6-10(7-5-9)8(2)11;2*1-2/h4-7H,3H2,1-2H3;2*1-2H3. The molecule has 0 aliphatic carbocycles. The molecule has 0 radical (unpaired) electrons. The first-order valence-corrected chi connectivity index (χ1v) is 5.84. The fourth-order valence-corrected chi connectivity index (χ4v) is 0.975. The van der Waals surface area contributed by atoms with Crippen LogP contribution >= 0.6 is 0 Å². The van der Waals surface area contributed by atoms with Crippen LogP contribution in [0.4, 0.5) is 0 Å². The Morgan fingerprint density at radius 2 is 1.40 bits per heavy atom. The van der Waals surface area contributed by atoms with Gasteiger partial charge in [0.1, 0.15) is 0 Å². The van der Waals surface area contributed by atoms with Crippen molar-refractivity contribution in [2.24, 2.45) is 0 Å². The van der Waals surface area contributed by atoms with E-state index in [1.807, 2.05) is 52.0 Å². The number of Topliss-reactive ketones (excluding diaryl/α,β-unsaturated/α-hetero) is 1. The lowest BCUT2D eigenvalue weighted by Gasteiger charge is -1.97. The predicted molar refractivity (Wildman–Crippen MR) is 68.5 cm³/mol. The molecule has 0 amide bonds. The van der Waals surface area contributed by atoms with Crippen LogP contribution in [-0.4, -0.2) is 5.78 Å². The molecule has 0 heterocycles. The Hall–Kier alpha value is -1.11. The van der Waals surface area contributed by atoms with Gasteiger partial charge in [0.2, 0.25) is 0 Å². The third kappa shape index (κ3) is 6.89. The van der Waals surface area contributed by atoms with Gasteiger partial charge in [0.25, 0.3) is 0 Å². The molecule has 1 aromatic rings. The molecule has 15 heavy (non-hydrogen) atoms. The Balaban J connectivity index is 0. The first-order valence-electron chi connectivity index (χ1n) is 5.84. The SMILES string of the molecule is CC.CC.CCc1ccc(C(C)=O)cc1. The van der Waals surface area contributed by atoms with Gasteiger partial charge in [0, 0.05) is 5.56 Å². The predicted octanol–water partition coefficient (Wildman–Crippen LogP) is 4.50. The summed E-state index contributed by atoms with van der Waals surface area (Å²) in [5.41, 5.74) is 2.07. The summed E-state index contributed by atoms with van der Waals surface area (Å²) in [4.78, 5) is 10.8. The number of benzene rings is 1. The summed E-state index contributed by atoms with van der Waals surface area (Å²) in [6, 6.07) is 7.75. The van der Waals surface area contributed by atoms with Crippen molar-refractivity contribution >= 4 is 5.78 Å². The molecule has 0 spiro atoms. The molecule has 0 aliphatic rings. The van der Waals surface area contributed by atoms with E-state index in [2.05, 4.69) is 6.92 Å². The average molecular weight is 208 g/mol. The quantitative estimate of drug-likeness (QED) is 0.654. The zero-order valence-electron chi connectivity index (χ0n) is 10.9. The van der Waals surface area contributed by atoms with E-state index in [9.17, 15) is 4.79 Å². The molecule has 0 bridgehead atoms. The number of carbonyl (C=O) groups is 1. The topological polar surface area (TPSA) is 17.1 Å². The molecule has 1 rings (SSSR count). The van der Waals surface area contributed by atoms with Gasteiger partial charge in [-0.15, -0.1) is 0 Å². The Labute approximate surface area is 94.5 Å². The normalized spacial score (nSPS) is 7.87. The van der Waals surface area contributed by atoms with Gasteiger partial charge in [-0.2, -0.15) is 0 Å². The van der Waals surface area contributed by atoms with E-state index < -0.39 is 0 Å². The molecule has 1 aromatic carbocycles. The van der Waals surface area contributed by atoms with Crippen molar-refractivity contribution in [1.82, 2.24) is 0 Å². The van der Waals surface area contributed by atoms with E-state index in [-0.39, 0.29) is 5.78 Å². The van der Waals surface area contributed by atoms with Gasteiger partial charge in [-0.3, -0.25) is 4.79 Å². The molecule has 0 aromatic heterocycles. The number of aryl methyl sites for hydroxylation is 1. The van der Waals surface area contributed by atoms with E-state index in [1.54, 1.807) is 6.92 Å². The van der Waals surface area contributed by atoms with Crippen molar-refractivity contribution in [2.45, 2.75) is 48.0 Å². The summed E-state index contributed by atoms with van der Waals surface area (Å²) < 4.78 is 0. The molecule has 0 aliphatic heterocycles. The second-order valence-electron chi connectivity index (χ2n) is 2.61. The van der Waals surface area contributed by atoms with Crippen molar-refractivity contribution in [1.29, 1.82) is 0 Å². The van der Waals surface area contributed by atoms with Gasteiger partial charge >= 0.3 is 0 Å². The molecular formula is C14H24O. The number of hydrogen-bond donors (Lipinski definition) is 0. The number of carbonyl (C=O) groups excluding carboxylic acids is 1. The minimum absolute atomic E-state index is 0.132. The van der Waals surface area contributed by atoms with E-state index in [1.165, 1.54) is 5.56 Å².